The fourth-order valence-electron chi connectivity index (χ4n) is 1.41. The predicted octanol–water partition coefficient (Wildman–Crippen LogP) is 2.60. The van der Waals surface area contributed by atoms with Crippen LogP contribution in [0, 0.1) is 0 Å². The lowest BCUT2D eigenvalue weighted by Crippen LogP contribution is -2.19. The van der Waals surface area contributed by atoms with E-state index in [1.54, 1.807) is 25.4 Å². The number of halogens is 2. The van der Waals surface area contributed by atoms with Gasteiger partial charge < -0.3 is 0 Å². The highest BCUT2D eigenvalue weighted by molar-refractivity contribution is 9.10. The molecule has 19 heavy (non-hydrogen) atoms. The number of hydrogen-bond acceptors (Lipinski definition) is 3. The molecule has 0 saturated heterocycles. The van der Waals surface area contributed by atoms with Gasteiger partial charge in [0.05, 0.1) is 10.7 Å². The zero-order valence-corrected chi connectivity index (χ0v) is 12.3. The van der Waals surface area contributed by atoms with E-state index in [0.29, 0.717) is 9.50 Å². The second kappa shape index (κ2) is 5.99. The SMILES string of the molecule is Cn1cc(Br)c(C(=O)N/N=C\c2ccccc2Cl)n1. The van der Waals surface area contributed by atoms with Crippen LogP contribution in [-0.4, -0.2) is 21.9 Å². The van der Waals surface area contributed by atoms with Crippen LogP contribution in [0.3, 0.4) is 0 Å². The van der Waals surface area contributed by atoms with Gasteiger partial charge in [-0.1, -0.05) is 29.8 Å². The second-order valence-corrected chi connectivity index (χ2v) is 4.98. The summed E-state index contributed by atoms with van der Waals surface area (Å²) in [6, 6.07) is 7.21. The summed E-state index contributed by atoms with van der Waals surface area (Å²) in [5.74, 6) is -0.393. The van der Waals surface area contributed by atoms with Gasteiger partial charge in [-0.3, -0.25) is 9.48 Å². The number of aryl methyl sites for hydroxylation is 1. The molecule has 2 aromatic rings. The Balaban J connectivity index is 2.05. The summed E-state index contributed by atoms with van der Waals surface area (Å²) in [5, 5.41) is 8.43. The average Bonchev–Trinajstić information content (AvgIpc) is 2.71. The minimum absolute atomic E-state index is 0.277. The van der Waals surface area contributed by atoms with Gasteiger partial charge in [0.1, 0.15) is 0 Å². The Morgan fingerprint density at radius 1 is 1.53 bits per heavy atom. The first-order chi connectivity index (χ1) is 9.08. The summed E-state index contributed by atoms with van der Waals surface area (Å²) in [4.78, 5) is 11.8. The summed E-state index contributed by atoms with van der Waals surface area (Å²) in [7, 11) is 1.73. The Kier molecular flexibility index (Phi) is 4.34. The van der Waals surface area contributed by atoms with Crippen LogP contribution in [0.25, 0.3) is 0 Å². The first-order valence-electron chi connectivity index (χ1n) is 5.35. The summed E-state index contributed by atoms with van der Waals surface area (Å²) in [5.41, 5.74) is 3.40. The van der Waals surface area contributed by atoms with Crippen molar-refractivity contribution >= 4 is 39.7 Å². The van der Waals surface area contributed by atoms with E-state index in [1.807, 2.05) is 12.1 Å². The lowest BCUT2D eigenvalue weighted by atomic mass is 10.2. The molecule has 1 aromatic carbocycles. The van der Waals surface area contributed by atoms with Gasteiger partial charge in [-0.25, -0.2) is 5.43 Å². The summed E-state index contributed by atoms with van der Waals surface area (Å²) < 4.78 is 2.15. The van der Waals surface area contributed by atoms with Crippen molar-refractivity contribution in [3.05, 3.63) is 51.2 Å². The molecule has 0 radical (unpaired) electrons. The van der Waals surface area contributed by atoms with Gasteiger partial charge in [0.15, 0.2) is 5.69 Å². The smallest absolute Gasteiger partial charge is 0.274 e. The summed E-state index contributed by atoms with van der Waals surface area (Å²) in [6.07, 6.45) is 3.17. The number of rotatable bonds is 3. The Labute approximate surface area is 123 Å². The van der Waals surface area contributed by atoms with Crippen molar-refractivity contribution in [1.82, 2.24) is 15.2 Å². The lowest BCUT2D eigenvalue weighted by molar-refractivity contribution is 0.0948. The molecule has 98 valence electrons. The number of carbonyl (C=O) groups excluding carboxylic acids is 1. The molecule has 0 bridgehead atoms. The molecule has 7 heteroatoms. The second-order valence-electron chi connectivity index (χ2n) is 3.72. The van der Waals surface area contributed by atoms with Crippen LogP contribution in [0.2, 0.25) is 5.02 Å². The molecule has 1 N–H and O–H groups in total. The molecular weight excluding hydrogens is 332 g/mol. The number of nitrogens with zero attached hydrogens (tertiary/aromatic N) is 3. The van der Waals surface area contributed by atoms with Gasteiger partial charge in [0, 0.05) is 23.8 Å². The van der Waals surface area contributed by atoms with Gasteiger partial charge in [-0.05, 0) is 22.0 Å². The third-order valence-electron chi connectivity index (χ3n) is 2.27. The molecule has 0 aliphatic carbocycles. The first kappa shape index (κ1) is 13.8. The minimum Gasteiger partial charge on any atom is -0.274 e. The molecule has 0 spiro atoms. The highest BCUT2D eigenvalue weighted by atomic mass is 79.9. The van der Waals surface area contributed by atoms with E-state index in [1.165, 1.54) is 10.9 Å². The molecular formula is C12H10BrClN4O. The highest BCUT2D eigenvalue weighted by Gasteiger charge is 2.13. The van der Waals surface area contributed by atoms with Crippen molar-refractivity contribution in [3.63, 3.8) is 0 Å². The van der Waals surface area contributed by atoms with E-state index >= 15 is 0 Å². The normalized spacial score (nSPS) is 10.9. The van der Waals surface area contributed by atoms with Crippen molar-refractivity contribution < 1.29 is 4.79 Å². The Morgan fingerprint density at radius 3 is 2.89 bits per heavy atom. The third kappa shape index (κ3) is 3.42. The molecule has 0 aliphatic rings. The zero-order valence-electron chi connectivity index (χ0n) is 9.97. The summed E-state index contributed by atoms with van der Waals surface area (Å²) >= 11 is 9.21. The van der Waals surface area contributed by atoms with Crippen LogP contribution in [0.5, 0.6) is 0 Å². The largest absolute Gasteiger partial charge is 0.293 e. The van der Waals surface area contributed by atoms with Crippen molar-refractivity contribution in [2.45, 2.75) is 0 Å². The minimum atomic E-state index is -0.393. The molecule has 1 amide bonds. The predicted molar refractivity (Wildman–Crippen MR) is 77.4 cm³/mol. The van der Waals surface area contributed by atoms with Crippen LogP contribution in [0.1, 0.15) is 16.1 Å². The number of hydrogen-bond donors (Lipinski definition) is 1. The maximum Gasteiger partial charge on any atom is 0.293 e. The number of carbonyl (C=O) groups is 1. The molecule has 1 aromatic heterocycles. The number of amides is 1. The third-order valence-corrected chi connectivity index (χ3v) is 3.20. The van der Waals surface area contributed by atoms with Gasteiger partial charge in [-0.2, -0.15) is 10.2 Å². The monoisotopic (exact) mass is 340 g/mol. The Morgan fingerprint density at radius 2 is 2.26 bits per heavy atom. The standard InChI is InChI=1S/C12H10BrClN4O/c1-18-7-9(13)11(17-18)12(19)16-15-6-8-4-2-3-5-10(8)14/h2-7H,1H3,(H,16,19)/b15-6-. The highest BCUT2D eigenvalue weighted by Crippen LogP contribution is 2.14. The molecule has 0 fully saturated rings. The molecule has 1 heterocycles. The molecule has 0 aliphatic heterocycles. The van der Waals surface area contributed by atoms with Crippen LogP contribution in [-0.2, 0) is 7.05 Å². The van der Waals surface area contributed by atoms with E-state index in [0.717, 1.165) is 5.56 Å². The van der Waals surface area contributed by atoms with E-state index in [9.17, 15) is 4.79 Å². The van der Waals surface area contributed by atoms with Gasteiger partial charge in [0.25, 0.3) is 5.91 Å². The van der Waals surface area contributed by atoms with E-state index < -0.39 is 5.91 Å². The lowest BCUT2D eigenvalue weighted by Gasteiger charge is -1.98. The maximum atomic E-state index is 11.8. The number of aromatic nitrogens is 2. The number of nitrogens with one attached hydrogen (secondary N) is 1. The maximum absolute atomic E-state index is 11.8. The Bertz CT molecular complexity index is 638. The van der Waals surface area contributed by atoms with Crippen LogP contribution in [0.15, 0.2) is 40.0 Å². The molecule has 2 rings (SSSR count). The quantitative estimate of drug-likeness (QED) is 0.689. The van der Waals surface area contributed by atoms with E-state index in [2.05, 4.69) is 31.6 Å². The van der Waals surface area contributed by atoms with Crippen LogP contribution >= 0.6 is 27.5 Å². The van der Waals surface area contributed by atoms with Crippen molar-refractivity contribution in [3.8, 4) is 0 Å². The number of hydrazone groups is 1. The van der Waals surface area contributed by atoms with Crippen molar-refractivity contribution in [2.75, 3.05) is 0 Å². The average molecular weight is 342 g/mol. The van der Waals surface area contributed by atoms with E-state index in [-0.39, 0.29) is 5.69 Å². The van der Waals surface area contributed by atoms with Crippen LogP contribution < -0.4 is 5.43 Å². The summed E-state index contributed by atoms with van der Waals surface area (Å²) in [6.45, 7) is 0. The molecule has 5 nitrogen and oxygen atoms in total. The zero-order chi connectivity index (χ0) is 13.8. The fourth-order valence-corrected chi connectivity index (χ4v) is 2.15. The molecule has 0 unspecified atom stereocenters. The topological polar surface area (TPSA) is 59.3 Å². The fraction of sp³-hybridized carbons (Fsp3) is 0.0833. The molecule has 0 saturated carbocycles. The Hall–Kier alpha value is -1.66. The molecule has 0 atom stereocenters. The van der Waals surface area contributed by atoms with Crippen molar-refractivity contribution in [1.29, 1.82) is 0 Å². The van der Waals surface area contributed by atoms with E-state index in [4.69, 9.17) is 11.6 Å². The van der Waals surface area contributed by atoms with Gasteiger partial charge >= 0.3 is 0 Å². The van der Waals surface area contributed by atoms with Gasteiger partial charge in [0.2, 0.25) is 0 Å². The van der Waals surface area contributed by atoms with Crippen molar-refractivity contribution in [2.24, 2.45) is 12.1 Å². The van der Waals surface area contributed by atoms with Gasteiger partial charge in [-0.15, -0.1) is 0 Å². The van der Waals surface area contributed by atoms with Crippen LogP contribution in [0.4, 0.5) is 0 Å². The first-order valence-corrected chi connectivity index (χ1v) is 6.52. The number of benzene rings is 1.